The van der Waals surface area contributed by atoms with Gasteiger partial charge in [-0.2, -0.15) is 24.5 Å². The van der Waals surface area contributed by atoms with Crippen LogP contribution in [0.5, 0.6) is 34.5 Å². The van der Waals surface area contributed by atoms with Gasteiger partial charge in [-0.15, -0.1) is 0 Å². The molecule has 0 radical (unpaired) electrons. The number of halogens is 6. The van der Waals surface area contributed by atoms with Crippen molar-refractivity contribution in [1.82, 2.24) is 45.9 Å². The second-order valence-corrected chi connectivity index (χ2v) is 30.0. The number of aromatic nitrogens is 6. The summed E-state index contributed by atoms with van der Waals surface area (Å²) in [7, 11) is 13.5. The molecule has 3 aromatic heterocycles. The van der Waals surface area contributed by atoms with E-state index in [1.165, 1.54) is 90.3 Å². The smallest absolute Gasteiger partial charge is 0.870 e. The quantitative estimate of drug-likeness (QED) is 0.0207. The van der Waals surface area contributed by atoms with E-state index in [1.54, 1.807) is 45.8 Å². The van der Waals surface area contributed by atoms with Crippen LogP contribution in [0.4, 0.5) is 66.7 Å². The SMILES string of the molecule is C=CC(=O)N[C@H]1C[C@H](C(=O)O)CC[C@H]1Nc1ncc2c(n1)N(C)C(=O)N(c1c(Cl)c(OC)cc(OC)c1Cl)C2.C=CC(=O)N[C@H]1C[C@H](C(=O)O)CC[C@H]1Nc1ncc2c(n1)N(C)C(=O)N(c1c(Cl)c(OC)cc(OC)c1Cl)C2.C=CC(=O)N[C@H]1C[C@H](CC)CC[C@H]1Nc1ncc2c(n1)N(C)C(=O)N(c1c(Cl)c(OC)cc(OC)c1Cl)C2.O=C=O.[Li+].[OH-]. The third-order valence-corrected chi connectivity index (χ3v) is 23.1. The number of benzene rings is 3. The van der Waals surface area contributed by atoms with Gasteiger partial charge in [0, 0.05) is 98.8 Å². The zero-order valence-electron chi connectivity index (χ0n) is 67.7. The Hall–Kier alpha value is -10.8. The fourth-order valence-corrected chi connectivity index (χ4v) is 16.7. The number of nitrogens with one attached hydrogen (secondary N) is 6. The number of carboxylic acids is 2. The number of anilines is 9. The third-order valence-electron chi connectivity index (χ3n) is 20.9. The van der Waals surface area contributed by atoms with Crippen LogP contribution in [0.3, 0.4) is 0 Å². The van der Waals surface area contributed by atoms with E-state index in [-0.39, 0.29) is 158 Å². The number of aliphatic carboxylic acids is 2. The van der Waals surface area contributed by atoms with Crippen molar-refractivity contribution in [3.8, 4) is 34.5 Å². The Morgan fingerprint density at radius 1 is 0.455 bits per heavy atom. The molecule has 0 bridgehead atoms. The Balaban J connectivity index is 0.000000244. The van der Waals surface area contributed by atoms with E-state index >= 15 is 0 Å². The first-order valence-corrected chi connectivity index (χ1v) is 39.1. The van der Waals surface area contributed by atoms with Crippen LogP contribution in [0.15, 0.2) is 74.8 Å². The van der Waals surface area contributed by atoms with Crippen molar-refractivity contribution < 1.29 is 111 Å². The molecule has 6 heterocycles. The van der Waals surface area contributed by atoms with Crippen LogP contribution in [0.1, 0.15) is 87.8 Å². The normalized spacial score (nSPS) is 20.0. The number of hydrogen-bond donors (Lipinski definition) is 8. The van der Waals surface area contributed by atoms with E-state index in [1.807, 2.05) is 0 Å². The number of amides is 9. The molecule has 0 saturated heterocycles. The number of carboxylic acid groups (broad SMARTS) is 2. The topological polar surface area (TPSA) is 465 Å². The molecule has 0 spiro atoms. The van der Waals surface area contributed by atoms with Gasteiger partial charge in [-0.25, -0.2) is 29.3 Å². The summed E-state index contributed by atoms with van der Waals surface area (Å²) < 4.78 is 32.1. The predicted molar refractivity (Wildman–Crippen MR) is 448 cm³/mol. The van der Waals surface area contributed by atoms with Gasteiger partial charge in [-0.3, -0.25) is 53.4 Å². The summed E-state index contributed by atoms with van der Waals surface area (Å²) in [6.45, 7) is 13.0. The maximum Gasteiger partial charge on any atom is 1.00 e. The van der Waals surface area contributed by atoms with E-state index in [0.717, 1.165) is 37.8 Å². The molecule has 3 aromatic carbocycles. The van der Waals surface area contributed by atoms with Crippen LogP contribution in [-0.2, 0) is 53.2 Å². The number of rotatable bonds is 24. The summed E-state index contributed by atoms with van der Waals surface area (Å²) >= 11 is 39.3. The number of carbonyl (C=O) groups is 8. The maximum absolute atomic E-state index is 13.5. The second-order valence-electron chi connectivity index (χ2n) is 27.8. The van der Waals surface area contributed by atoms with Crippen LogP contribution >= 0.6 is 69.6 Å². The average molecular weight is 1790 g/mol. The van der Waals surface area contributed by atoms with Crippen molar-refractivity contribution in [3.05, 3.63) is 122 Å². The van der Waals surface area contributed by atoms with Crippen molar-refractivity contribution in [2.45, 2.75) is 127 Å². The summed E-state index contributed by atoms with van der Waals surface area (Å²) in [4.78, 5) is 151. The molecule has 121 heavy (non-hydrogen) atoms. The molecule has 0 unspecified atom stereocenters. The minimum absolute atomic E-state index is 0. The average Bonchev–Trinajstić information content (AvgIpc) is 0.763. The van der Waals surface area contributed by atoms with Crippen LogP contribution in [0.25, 0.3) is 0 Å². The van der Waals surface area contributed by atoms with Crippen molar-refractivity contribution in [3.63, 3.8) is 0 Å². The van der Waals surface area contributed by atoms with Gasteiger partial charge in [0.25, 0.3) is 0 Å². The van der Waals surface area contributed by atoms with Gasteiger partial charge in [0.1, 0.15) is 82.1 Å². The molecule has 3 aliphatic heterocycles. The first-order chi connectivity index (χ1) is 56.8. The van der Waals surface area contributed by atoms with Gasteiger partial charge < -0.3 is 76.0 Å². The Morgan fingerprint density at radius 3 is 0.934 bits per heavy atom. The van der Waals surface area contributed by atoms with Gasteiger partial charge in [-0.1, -0.05) is 103 Å². The summed E-state index contributed by atoms with van der Waals surface area (Å²) in [5.74, 6) is 0.462. The standard InChI is InChI=1S/C26H32Cl2N6O4.2C25H28Cl2N6O6.CO2.Li.H2O/c1-6-14-8-9-16(17(10-14)30-20(35)7-2)31-25-29-12-15-13-34(26(36)33(3)24(15)32-25)23-21(27)18(37-4)11-19(38-5)22(23)28;2*1-5-18(34)29-15-8-12(23(35)36)6-7-14(15)30-24-28-10-13-11-33(25(37)32(2)22(13)31-24)21-19(26)16(38-3)9-17(39-4)20(21)27;2-1-3;;/h7,11-12,14,16-17H,2,6,8-10,13H2,1,3-5H3,(H,30,35)(H,29,31,32);2*5,9-10,12,14-15H,1,6-8,11H2,2-4H3,(H,29,34)(H,35,36)(H,28,30,31);;;1H2/q;;;;+1;/p-1/t14-,16-,17+;2*12-,14-,15+;;;/m111.../s1. The minimum Gasteiger partial charge on any atom is -0.870 e. The van der Waals surface area contributed by atoms with E-state index in [9.17, 15) is 48.6 Å². The molecule has 6 aliphatic rings. The summed E-state index contributed by atoms with van der Waals surface area (Å²) in [6.07, 6.45) is 14.8. The number of nitrogens with zero attached hydrogens (tertiary/aromatic N) is 12. The molecule has 6 aromatic rings. The molecule has 12 rings (SSSR count). The third kappa shape index (κ3) is 21.9. The molecule has 9 amide bonds. The van der Waals surface area contributed by atoms with Crippen molar-refractivity contribution in [2.75, 3.05) is 109 Å². The monoisotopic (exact) mass is 1790 g/mol. The fraction of sp³-hybridized carbons (Fsp3) is 0.416. The van der Waals surface area contributed by atoms with Gasteiger partial charge in [-0.05, 0) is 81.9 Å². The van der Waals surface area contributed by atoms with Crippen LogP contribution < -0.4 is 109 Å². The van der Waals surface area contributed by atoms with Crippen LogP contribution in [-0.4, -0.2) is 200 Å². The molecule has 9 atom stereocenters. The minimum atomic E-state index is -0.908. The fourth-order valence-electron chi connectivity index (χ4n) is 14.6. The zero-order chi connectivity index (χ0) is 87.1. The molecular formula is C77H89Cl6LiN18O19. The summed E-state index contributed by atoms with van der Waals surface area (Å²) in [5.41, 5.74) is 2.70. The first kappa shape index (κ1) is 97.3. The number of hydrogen-bond acceptors (Lipinski definition) is 26. The van der Waals surface area contributed by atoms with E-state index in [2.05, 4.69) is 88.5 Å². The number of methoxy groups -OCH3 is 6. The molecule has 44 heteroatoms. The first-order valence-electron chi connectivity index (χ1n) is 36.9. The molecule has 3 fully saturated rings. The van der Waals surface area contributed by atoms with E-state index in [4.69, 9.17) is 108 Å². The van der Waals surface area contributed by atoms with E-state index in [0.29, 0.717) is 106 Å². The molecule has 3 saturated carbocycles. The largest absolute Gasteiger partial charge is 1.00 e. The van der Waals surface area contributed by atoms with Crippen molar-refractivity contribution >= 4 is 176 Å². The second kappa shape index (κ2) is 43.6. The van der Waals surface area contributed by atoms with Gasteiger partial charge in [0.15, 0.2) is 0 Å². The summed E-state index contributed by atoms with van der Waals surface area (Å²) in [5, 5.41) is 38.3. The summed E-state index contributed by atoms with van der Waals surface area (Å²) in [6, 6.07) is 1.64. The zero-order valence-corrected chi connectivity index (χ0v) is 72.2. The van der Waals surface area contributed by atoms with Crippen LogP contribution in [0.2, 0.25) is 30.1 Å². The van der Waals surface area contributed by atoms with Crippen molar-refractivity contribution in [1.29, 1.82) is 0 Å². The van der Waals surface area contributed by atoms with E-state index < -0.39 is 59.7 Å². The van der Waals surface area contributed by atoms with Gasteiger partial charge in [0.05, 0.1) is 103 Å². The van der Waals surface area contributed by atoms with Crippen molar-refractivity contribution in [2.24, 2.45) is 17.8 Å². The predicted octanol–water partition coefficient (Wildman–Crippen LogP) is 8.71. The Labute approximate surface area is 737 Å². The van der Waals surface area contributed by atoms with Gasteiger partial charge in [0.2, 0.25) is 35.6 Å². The molecule has 644 valence electrons. The van der Waals surface area contributed by atoms with Gasteiger partial charge >= 0.3 is 55.0 Å². The Morgan fingerprint density at radius 2 is 0.702 bits per heavy atom. The number of carbonyl (C=O) groups excluding carboxylic acids is 8. The molecular weight excluding hydrogens is 1700 g/mol. The number of fused-ring (bicyclic) bond motifs is 3. The molecule has 9 N–H and O–H groups in total. The number of urea groups is 3. The Bertz CT molecular complexity index is 4660. The molecule has 37 nitrogen and oxygen atoms in total. The Kier molecular flexibility index (Phi) is 35.0. The van der Waals surface area contributed by atoms with Crippen LogP contribution in [0, 0.1) is 17.8 Å². The molecule has 3 aliphatic carbocycles. The number of ether oxygens (including phenoxy) is 6. The maximum atomic E-state index is 13.5.